The first-order chi connectivity index (χ1) is 15.7. The van der Waals surface area contributed by atoms with Crippen LogP contribution in [-0.2, 0) is 0 Å². The van der Waals surface area contributed by atoms with Crippen LogP contribution in [0.1, 0.15) is 51.0 Å². The maximum absolute atomic E-state index is 14.2. The molecule has 1 amide bonds. The number of carbonyl (C=O) groups excluding carboxylic acids is 1. The number of hydrogen-bond acceptors (Lipinski definition) is 4. The molecule has 4 rings (SSSR count). The van der Waals surface area contributed by atoms with Crippen molar-refractivity contribution in [2.75, 3.05) is 24.5 Å². The van der Waals surface area contributed by atoms with Gasteiger partial charge in [0.25, 0.3) is 5.91 Å². The summed E-state index contributed by atoms with van der Waals surface area (Å²) in [5.74, 6) is -0.667. The molecule has 0 N–H and O–H groups in total. The summed E-state index contributed by atoms with van der Waals surface area (Å²) in [6, 6.07) is 5.86. The fourth-order valence-corrected chi connectivity index (χ4v) is 4.39. The molecule has 176 valence electrons. The van der Waals surface area contributed by atoms with Gasteiger partial charge in [0.1, 0.15) is 22.5 Å². The molecule has 33 heavy (non-hydrogen) atoms. The van der Waals surface area contributed by atoms with Gasteiger partial charge in [0.15, 0.2) is 11.3 Å². The second kappa shape index (κ2) is 9.25. The molecule has 2 aromatic heterocycles. The molecule has 1 fully saturated rings. The average molecular weight is 476 g/mol. The minimum absolute atomic E-state index is 0.130. The lowest BCUT2D eigenvalue weighted by Gasteiger charge is -2.29. The molecule has 1 atom stereocenters. The quantitative estimate of drug-likeness (QED) is 0.446. The maximum Gasteiger partial charge on any atom is 0.274 e. The van der Waals surface area contributed by atoms with Crippen LogP contribution in [0, 0.1) is 17.6 Å². The van der Waals surface area contributed by atoms with Crippen molar-refractivity contribution in [2.45, 2.75) is 46.6 Å². The Hall–Kier alpha value is -2.74. The highest BCUT2D eigenvalue weighted by molar-refractivity contribution is 6.31. The number of carbonyl (C=O) groups is 1. The number of nitrogens with zero attached hydrogens (tertiary/aromatic N) is 5. The molecular formula is C24H28ClF2N5O. The second-order valence-electron chi connectivity index (χ2n) is 8.99. The van der Waals surface area contributed by atoms with Crippen molar-refractivity contribution < 1.29 is 13.6 Å². The second-order valence-corrected chi connectivity index (χ2v) is 9.36. The Morgan fingerprint density at radius 1 is 1.24 bits per heavy atom. The lowest BCUT2D eigenvalue weighted by molar-refractivity contribution is 0.0782. The van der Waals surface area contributed by atoms with E-state index >= 15 is 0 Å². The van der Waals surface area contributed by atoms with Crippen LogP contribution in [0.5, 0.6) is 0 Å². The molecule has 1 unspecified atom stereocenters. The molecule has 0 spiro atoms. The number of likely N-dealkylation sites (tertiary alicyclic amines) is 1. The van der Waals surface area contributed by atoms with Crippen LogP contribution >= 0.6 is 11.6 Å². The van der Waals surface area contributed by atoms with E-state index in [1.165, 1.54) is 12.1 Å². The minimum Gasteiger partial charge on any atom is -0.354 e. The Morgan fingerprint density at radius 3 is 2.52 bits per heavy atom. The van der Waals surface area contributed by atoms with Crippen LogP contribution in [0.3, 0.4) is 0 Å². The summed E-state index contributed by atoms with van der Waals surface area (Å²) in [7, 11) is 0. The molecule has 0 radical (unpaired) electrons. The van der Waals surface area contributed by atoms with Gasteiger partial charge in [0.05, 0.1) is 5.69 Å². The van der Waals surface area contributed by atoms with Crippen LogP contribution in [-0.4, -0.2) is 51.1 Å². The highest BCUT2D eigenvalue weighted by atomic mass is 35.5. The van der Waals surface area contributed by atoms with Crippen molar-refractivity contribution in [3.63, 3.8) is 0 Å². The van der Waals surface area contributed by atoms with Crippen molar-refractivity contribution in [1.29, 1.82) is 0 Å². The summed E-state index contributed by atoms with van der Waals surface area (Å²) >= 11 is 5.67. The summed E-state index contributed by atoms with van der Waals surface area (Å²) in [6.07, 6.45) is 1.86. The van der Waals surface area contributed by atoms with E-state index in [-0.39, 0.29) is 17.5 Å². The van der Waals surface area contributed by atoms with Gasteiger partial charge in [-0.1, -0.05) is 25.4 Å². The lowest BCUT2D eigenvalue weighted by atomic mass is 10.1. The van der Waals surface area contributed by atoms with Crippen LogP contribution in [0.25, 0.3) is 16.9 Å². The van der Waals surface area contributed by atoms with Gasteiger partial charge in [-0.05, 0) is 44.7 Å². The molecule has 6 nitrogen and oxygen atoms in total. The van der Waals surface area contributed by atoms with Crippen molar-refractivity contribution in [3.8, 4) is 11.3 Å². The summed E-state index contributed by atoms with van der Waals surface area (Å²) in [6.45, 7) is 10.5. The van der Waals surface area contributed by atoms with Gasteiger partial charge in [-0.3, -0.25) is 4.79 Å². The maximum atomic E-state index is 14.2. The van der Waals surface area contributed by atoms with Crippen LogP contribution in [0.4, 0.5) is 14.6 Å². The third-order valence-electron chi connectivity index (χ3n) is 6.00. The molecule has 3 heterocycles. The van der Waals surface area contributed by atoms with E-state index in [0.717, 1.165) is 19.4 Å². The SMILES string of the molecule is CCCN(c1cc(-c2cc(F)c(Cl)c(F)c2)nc2cc(C(=O)N3CCC(C)C3)nn12)C(C)C. The first-order valence-corrected chi connectivity index (χ1v) is 11.7. The van der Waals surface area contributed by atoms with Crippen LogP contribution < -0.4 is 4.90 Å². The number of aromatic nitrogens is 3. The monoisotopic (exact) mass is 475 g/mol. The molecule has 1 saturated heterocycles. The van der Waals surface area contributed by atoms with Crippen LogP contribution in [0.2, 0.25) is 5.02 Å². The Morgan fingerprint density at radius 2 is 1.94 bits per heavy atom. The molecule has 9 heteroatoms. The third kappa shape index (κ3) is 4.53. The van der Waals surface area contributed by atoms with E-state index < -0.39 is 16.7 Å². The summed E-state index contributed by atoms with van der Waals surface area (Å²) in [4.78, 5) is 21.6. The number of amides is 1. The number of anilines is 1. The summed E-state index contributed by atoms with van der Waals surface area (Å²) < 4.78 is 30.0. The highest BCUT2D eigenvalue weighted by Crippen LogP contribution is 2.30. The van der Waals surface area contributed by atoms with Crippen molar-refractivity contribution in [3.05, 3.63) is 46.6 Å². The van der Waals surface area contributed by atoms with Gasteiger partial charge in [0, 0.05) is 43.4 Å². The molecule has 1 aliphatic rings. The predicted octanol–water partition coefficient (Wildman–Crippen LogP) is 5.43. The van der Waals surface area contributed by atoms with Gasteiger partial charge in [-0.2, -0.15) is 9.61 Å². The normalized spacial score (nSPS) is 16.2. The van der Waals surface area contributed by atoms with E-state index in [2.05, 4.69) is 42.7 Å². The molecule has 1 aromatic carbocycles. The Labute approximate surface area is 197 Å². The lowest BCUT2D eigenvalue weighted by Crippen LogP contribution is -2.33. The van der Waals surface area contributed by atoms with Crippen molar-refractivity contribution in [1.82, 2.24) is 19.5 Å². The molecule has 0 saturated carbocycles. The first kappa shape index (κ1) is 23.4. The topological polar surface area (TPSA) is 53.7 Å². The standard InChI is InChI=1S/C24H28ClF2N5O/c1-5-7-31(14(2)3)22-12-19(16-9-17(26)23(25)18(27)10-16)28-21-11-20(29-32(21)22)24(33)30-8-6-15(4)13-30/h9-12,14-15H,5-8,13H2,1-4H3. The van der Waals surface area contributed by atoms with E-state index in [0.29, 0.717) is 41.9 Å². The van der Waals surface area contributed by atoms with E-state index in [9.17, 15) is 13.6 Å². The fraction of sp³-hybridized carbons (Fsp3) is 0.458. The zero-order valence-electron chi connectivity index (χ0n) is 19.3. The van der Waals surface area contributed by atoms with Gasteiger partial charge in [0.2, 0.25) is 0 Å². The Balaban J connectivity index is 1.87. The highest BCUT2D eigenvalue weighted by Gasteiger charge is 2.27. The van der Waals surface area contributed by atoms with Gasteiger partial charge < -0.3 is 9.80 Å². The fourth-order valence-electron chi connectivity index (χ4n) is 4.28. The predicted molar refractivity (Wildman–Crippen MR) is 126 cm³/mol. The molecule has 0 bridgehead atoms. The molecule has 3 aromatic rings. The first-order valence-electron chi connectivity index (χ1n) is 11.3. The van der Waals surface area contributed by atoms with E-state index in [4.69, 9.17) is 11.6 Å². The van der Waals surface area contributed by atoms with Crippen molar-refractivity contribution >= 4 is 29.0 Å². The number of hydrogen-bond donors (Lipinski definition) is 0. The van der Waals surface area contributed by atoms with Gasteiger partial charge in [-0.25, -0.2) is 13.8 Å². The number of halogens is 3. The van der Waals surface area contributed by atoms with Gasteiger partial charge >= 0.3 is 0 Å². The Bertz CT molecular complexity index is 1170. The molecular weight excluding hydrogens is 448 g/mol. The smallest absolute Gasteiger partial charge is 0.274 e. The Kier molecular flexibility index (Phi) is 6.56. The summed E-state index contributed by atoms with van der Waals surface area (Å²) in [5.41, 5.74) is 1.39. The largest absolute Gasteiger partial charge is 0.354 e. The number of fused-ring (bicyclic) bond motifs is 1. The zero-order chi connectivity index (χ0) is 23.9. The third-order valence-corrected chi connectivity index (χ3v) is 6.36. The van der Waals surface area contributed by atoms with Crippen LogP contribution in [0.15, 0.2) is 24.3 Å². The minimum atomic E-state index is -0.850. The van der Waals surface area contributed by atoms with Crippen molar-refractivity contribution in [2.24, 2.45) is 5.92 Å². The van der Waals surface area contributed by atoms with E-state index in [1.807, 2.05) is 4.90 Å². The number of benzene rings is 1. The van der Waals surface area contributed by atoms with E-state index in [1.54, 1.807) is 16.6 Å². The molecule has 0 aliphatic carbocycles. The summed E-state index contributed by atoms with van der Waals surface area (Å²) in [5, 5.41) is 4.05. The molecule has 1 aliphatic heterocycles. The number of rotatable bonds is 6. The van der Waals surface area contributed by atoms with Gasteiger partial charge in [-0.15, -0.1) is 0 Å². The zero-order valence-corrected chi connectivity index (χ0v) is 20.0. The average Bonchev–Trinajstić information content (AvgIpc) is 3.40.